The number of ether oxygens (including phenoxy) is 2. The van der Waals surface area contributed by atoms with Gasteiger partial charge in [0.2, 0.25) is 0 Å². The van der Waals surface area contributed by atoms with Gasteiger partial charge < -0.3 is 9.47 Å². The highest BCUT2D eigenvalue weighted by Gasteiger charge is 2.06. The molecule has 0 saturated heterocycles. The van der Waals surface area contributed by atoms with E-state index in [1.807, 2.05) is 60.7 Å². The summed E-state index contributed by atoms with van der Waals surface area (Å²) in [6, 6.07) is 17.1. The van der Waals surface area contributed by atoms with E-state index >= 15 is 0 Å². The van der Waals surface area contributed by atoms with Gasteiger partial charge in [0.05, 0.1) is 11.8 Å². The van der Waals surface area contributed by atoms with Crippen LogP contribution in [0.3, 0.4) is 0 Å². The lowest BCUT2D eigenvalue weighted by molar-refractivity contribution is 0.0566. The van der Waals surface area contributed by atoms with Crippen molar-refractivity contribution in [2.24, 2.45) is 0 Å². The third-order valence-corrected chi connectivity index (χ3v) is 6.04. The zero-order valence-electron chi connectivity index (χ0n) is 21.6. The second kappa shape index (κ2) is 15.0. The molecular formula is C32H38FNO2. The highest BCUT2D eigenvalue weighted by atomic mass is 19.1. The Morgan fingerprint density at radius 3 is 2.44 bits per heavy atom. The summed E-state index contributed by atoms with van der Waals surface area (Å²) in [7, 11) is 0. The van der Waals surface area contributed by atoms with E-state index in [0.29, 0.717) is 12.2 Å². The highest BCUT2D eigenvalue weighted by Crippen LogP contribution is 2.26. The van der Waals surface area contributed by atoms with Crippen molar-refractivity contribution < 1.29 is 13.9 Å². The number of hydrogen-bond donors (Lipinski definition) is 0. The lowest BCUT2D eigenvalue weighted by Gasteiger charge is -2.12. The molecule has 1 aromatic heterocycles. The number of hydrogen-bond acceptors (Lipinski definition) is 3. The third kappa shape index (κ3) is 8.76. The van der Waals surface area contributed by atoms with Crippen LogP contribution in [-0.2, 0) is 4.74 Å². The summed E-state index contributed by atoms with van der Waals surface area (Å²) in [6.45, 7) is 9.31. The van der Waals surface area contributed by atoms with Gasteiger partial charge in [0.25, 0.3) is 0 Å². The minimum atomic E-state index is -0.226. The lowest BCUT2D eigenvalue weighted by atomic mass is 10.0. The number of pyridine rings is 1. The number of aromatic nitrogens is 1. The highest BCUT2D eigenvalue weighted by molar-refractivity contribution is 5.68. The smallest absolute Gasteiger partial charge is 0.131 e. The molecule has 0 aliphatic heterocycles. The number of halogens is 1. The Morgan fingerprint density at radius 2 is 1.75 bits per heavy atom. The molecule has 1 unspecified atom stereocenters. The average Bonchev–Trinajstić information content (AvgIpc) is 2.91. The average molecular weight is 488 g/mol. The van der Waals surface area contributed by atoms with Crippen molar-refractivity contribution in [1.29, 1.82) is 0 Å². The van der Waals surface area contributed by atoms with Crippen LogP contribution < -0.4 is 4.74 Å². The van der Waals surface area contributed by atoms with Crippen molar-refractivity contribution in [2.75, 3.05) is 13.2 Å². The first-order chi connectivity index (χ1) is 17.6. The summed E-state index contributed by atoms with van der Waals surface area (Å²) < 4.78 is 26.1. The second-order valence-electron chi connectivity index (χ2n) is 9.01. The Kier molecular flexibility index (Phi) is 11.4. The summed E-state index contributed by atoms with van der Waals surface area (Å²) in [6.07, 6.45) is 14.2. The SMILES string of the molecule is C=CCOc1ccc(-c2ccc(-c3ccc(/C=C/CCCC(C)OCCCCC)c(F)c3)cn2)cc1. The zero-order valence-corrected chi connectivity index (χ0v) is 21.6. The first kappa shape index (κ1) is 27.3. The van der Waals surface area contributed by atoms with E-state index < -0.39 is 0 Å². The van der Waals surface area contributed by atoms with Crippen LogP contribution in [0.15, 0.2) is 79.5 Å². The van der Waals surface area contributed by atoms with Gasteiger partial charge >= 0.3 is 0 Å². The molecule has 3 nitrogen and oxygen atoms in total. The predicted octanol–water partition coefficient (Wildman–Crippen LogP) is 8.90. The van der Waals surface area contributed by atoms with E-state index in [-0.39, 0.29) is 11.9 Å². The van der Waals surface area contributed by atoms with Gasteiger partial charge in [-0.15, -0.1) is 0 Å². The molecule has 0 radical (unpaired) electrons. The summed E-state index contributed by atoms with van der Waals surface area (Å²) in [5, 5.41) is 0. The normalized spacial score (nSPS) is 12.1. The summed E-state index contributed by atoms with van der Waals surface area (Å²) in [5.74, 6) is 0.567. The van der Waals surface area contributed by atoms with Gasteiger partial charge in [-0.3, -0.25) is 4.98 Å². The van der Waals surface area contributed by atoms with Gasteiger partial charge in [0, 0.05) is 29.5 Å². The third-order valence-electron chi connectivity index (χ3n) is 6.04. The standard InChI is InChI=1S/C32H38FNO2/c1-4-6-10-22-35-25(3)11-8-7-9-12-26-13-14-28(23-31(26)33)29-17-20-32(34-24-29)27-15-18-30(19-16-27)36-21-5-2/h5,9,12-20,23-25H,2,4,6-8,10-11,21-22H2,1,3H3/b12-9+. The van der Waals surface area contributed by atoms with Crippen LogP contribution in [0, 0.1) is 5.82 Å². The van der Waals surface area contributed by atoms with Gasteiger partial charge in [-0.25, -0.2) is 4.39 Å². The topological polar surface area (TPSA) is 31.4 Å². The van der Waals surface area contributed by atoms with Gasteiger partial charge in [-0.1, -0.05) is 62.8 Å². The maximum absolute atomic E-state index is 14.7. The Labute approximate surface area is 215 Å². The fourth-order valence-corrected chi connectivity index (χ4v) is 3.91. The molecule has 1 heterocycles. The molecule has 4 heteroatoms. The summed E-state index contributed by atoms with van der Waals surface area (Å²) in [4.78, 5) is 4.58. The molecule has 0 aliphatic carbocycles. The number of unbranched alkanes of at least 4 members (excludes halogenated alkanes) is 3. The summed E-state index contributed by atoms with van der Waals surface area (Å²) >= 11 is 0. The molecule has 0 bridgehead atoms. The molecule has 0 N–H and O–H groups in total. The maximum atomic E-state index is 14.7. The Bertz CT molecular complexity index is 1090. The monoisotopic (exact) mass is 487 g/mol. The molecule has 3 rings (SSSR count). The number of nitrogens with zero attached hydrogens (tertiary/aromatic N) is 1. The Hall–Kier alpha value is -3.24. The number of allylic oxidation sites excluding steroid dienone is 1. The van der Waals surface area contributed by atoms with Crippen molar-refractivity contribution in [3.8, 4) is 28.1 Å². The van der Waals surface area contributed by atoms with Crippen LogP contribution in [0.1, 0.15) is 57.9 Å². The van der Waals surface area contributed by atoms with Crippen LogP contribution in [0.5, 0.6) is 5.75 Å². The molecule has 36 heavy (non-hydrogen) atoms. The van der Waals surface area contributed by atoms with E-state index in [4.69, 9.17) is 9.47 Å². The summed E-state index contributed by atoms with van der Waals surface area (Å²) in [5.41, 5.74) is 4.15. The molecule has 2 aromatic carbocycles. The first-order valence-electron chi connectivity index (χ1n) is 13.0. The predicted molar refractivity (Wildman–Crippen MR) is 149 cm³/mol. The molecule has 0 spiro atoms. The number of rotatable bonds is 15. The zero-order chi connectivity index (χ0) is 25.6. The van der Waals surface area contributed by atoms with Crippen molar-refractivity contribution in [3.63, 3.8) is 0 Å². The van der Waals surface area contributed by atoms with Gasteiger partial charge in [0.1, 0.15) is 18.2 Å². The quantitative estimate of drug-likeness (QED) is 0.158. The van der Waals surface area contributed by atoms with E-state index in [1.165, 1.54) is 12.8 Å². The largest absolute Gasteiger partial charge is 0.490 e. The minimum Gasteiger partial charge on any atom is -0.490 e. The van der Waals surface area contributed by atoms with Crippen LogP contribution in [0.4, 0.5) is 4.39 Å². The van der Waals surface area contributed by atoms with Crippen molar-refractivity contribution in [2.45, 2.75) is 58.5 Å². The van der Waals surface area contributed by atoms with Crippen LogP contribution in [-0.4, -0.2) is 24.3 Å². The first-order valence-corrected chi connectivity index (χ1v) is 13.0. The maximum Gasteiger partial charge on any atom is 0.131 e. The van der Waals surface area contributed by atoms with Gasteiger partial charge in [0.15, 0.2) is 0 Å². The molecular weight excluding hydrogens is 449 g/mol. The van der Waals surface area contributed by atoms with Crippen LogP contribution in [0.25, 0.3) is 28.5 Å². The molecule has 1 atom stereocenters. The van der Waals surface area contributed by atoms with Crippen LogP contribution in [0.2, 0.25) is 0 Å². The second-order valence-corrected chi connectivity index (χ2v) is 9.01. The van der Waals surface area contributed by atoms with E-state index in [2.05, 4.69) is 25.4 Å². The molecule has 0 saturated carbocycles. The fourth-order valence-electron chi connectivity index (χ4n) is 3.91. The molecule has 0 amide bonds. The van der Waals surface area contributed by atoms with E-state index in [0.717, 1.165) is 60.4 Å². The van der Waals surface area contributed by atoms with Crippen LogP contribution >= 0.6 is 0 Å². The van der Waals surface area contributed by atoms with Gasteiger partial charge in [-0.05, 0) is 74.6 Å². The molecule has 0 aliphatic rings. The minimum absolute atomic E-state index is 0.226. The van der Waals surface area contributed by atoms with Crippen molar-refractivity contribution >= 4 is 6.08 Å². The van der Waals surface area contributed by atoms with E-state index in [9.17, 15) is 4.39 Å². The molecule has 190 valence electrons. The lowest BCUT2D eigenvalue weighted by Crippen LogP contribution is -2.08. The van der Waals surface area contributed by atoms with E-state index in [1.54, 1.807) is 18.3 Å². The Balaban J connectivity index is 1.51. The van der Waals surface area contributed by atoms with Crippen molar-refractivity contribution in [1.82, 2.24) is 4.98 Å². The van der Waals surface area contributed by atoms with Gasteiger partial charge in [-0.2, -0.15) is 0 Å². The fraction of sp³-hybridized carbons (Fsp3) is 0.344. The Morgan fingerprint density at radius 1 is 0.972 bits per heavy atom. The molecule has 0 fully saturated rings. The molecule has 3 aromatic rings. The van der Waals surface area contributed by atoms with Crippen molar-refractivity contribution in [3.05, 3.63) is 90.9 Å². The number of benzene rings is 2.